The van der Waals surface area contributed by atoms with Crippen LogP contribution in [-0.2, 0) is 10.2 Å². The fraction of sp³-hybridized carbons (Fsp3) is 0.438. The molecule has 0 atom stereocenters. The van der Waals surface area contributed by atoms with E-state index < -0.39 is 0 Å². The Labute approximate surface area is 114 Å². The van der Waals surface area contributed by atoms with Crippen molar-refractivity contribution < 1.29 is 4.79 Å². The van der Waals surface area contributed by atoms with Gasteiger partial charge >= 0.3 is 0 Å². The van der Waals surface area contributed by atoms with E-state index >= 15 is 0 Å². The van der Waals surface area contributed by atoms with Crippen molar-refractivity contribution >= 4 is 16.8 Å². The first kappa shape index (κ1) is 13.7. The van der Waals surface area contributed by atoms with Gasteiger partial charge in [0.1, 0.15) is 0 Å². The molecule has 0 aliphatic rings. The Kier molecular flexibility index (Phi) is 3.65. The van der Waals surface area contributed by atoms with Crippen LogP contribution in [0, 0.1) is 5.92 Å². The van der Waals surface area contributed by atoms with E-state index in [2.05, 4.69) is 36.3 Å². The highest BCUT2D eigenvalue weighted by molar-refractivity contribution is 5.84. The first-order valence-electron chi connectivity index (χ1n) is 6.76. The minimum absolute atomic E-state index is 0.0266. The van der Waals surface area contributed by atoms with Gasteiger partial charge in [0.2, 0.25) is 5.91 Å². The number of hydrogen-bond acceptors (Lipinski definition) is 1. The molecule has 2 N–H and O–H groups in total. The largest absolute Gasteiger partial charge is 0.361 e. The van der Waals surface area contributed by atoms with Crippen LogP contribution in [0.4, 0.5) is 0 Å². The van der Waals surface area contributed by atoms with E-state index in [1.807, 2.05) is 32.2 Å². The Morgan fingerprint density at radius 2 is 2.00 bits per heavy atom. The Morgan fingerprint density at radius 3 is 2.68 bits per heavy atom. The van der Waals surface area contributed by atoms with Crippen molar-refractivity contribution in [3.8, 4) is 0 Å². The van der Waals surface area contributed by atoms with Gasteiger partial charge in [0.15, 0.2) is 0 Å². The van der Waals surface area contributed by atoms with Crippen LogP contribution >= 0.6 is 0 Å². The number of benzene rings is 1. The number of rotatable bonds is 4. The number of amides is 1. The van der Waals surface area contributed by atoms with Crippen LogP contribution < -0.4 is 5.32 Å². The zero-order chi connectivity index (χ0) is 14.0. The summed E-state index contributed by atoms with van der Waals surface area (Å²) in [5.41, 5.74) is 2.29. The fourth-order valence-corrected chi connectivity index (χ4v) is 2.24. The monoisotopic (exact) mass is 258 g/mol. The molecular formula is C16H22N2O. The van der Waals surface area contributed by atoms with E-state index in [-0.39, 0.29) is 17.2 Å². The van der Waals surface area contributed by atoms with Crippen LogP contribution in [0.3, 0.4) is 0 Å². The molecule has 0 aliphatic heterocycles. The van der Waals surface area contributed by atoms with Crippen molar-refractivity contribution in [1.82, 2.24) is 10.3 Å². The quantitative estimate of drug-likeness (QED) is 0.869. The molecular weight excluding hydrogens is 236 g/mol. The Bertz CT molecular complexity index is 581. The SMILES string of the molecule is CC(C)C(=O)NCC(C)(C)c1c[nH]c2ccccc12. The molecule has 3 nitrogen and oxygen atoms in total. The molecule has 1 aromatic heterocycles. The summed E-state index contributed by atoms with van der Waals surface area (Å²) in [5.74, 6) is 0.131. The average Bonchev–Trinajstić information content (AvgIpc) is 2.80. The summed E-state index contributed by atoms with van der Waals surface area (Å²) < 4.78 is 0. The summed E-state index contributed by atoms with van der Waals surface area (Å²) >= 11 is 0. The van der Waals surface area contributed by atoms with Crippen molar-refractivity contribution in [3.05, 3.63) is 36.0 Å². The number of carbonyl (C=O) groups excluding carboxylic acids is 1. The van der Waals surface area contributed by atoms with E-state index in [9.17, 15) is 4.79 Å². The second-order valence-electron chi connectivity index (χ2n) is 6.00. The third-order valence-corrected chi connectivity index (χ3v) is 3.55. The second kappa shape index (κ2) is 5.08. The Morgan fingerprint density at radius 1 is 1.32 bits per heavy atom. The summed E-state index contributed by atoms with van der Waals surface area (Å²) in [6, 6.07) is 8.26. The van der Waals surface area contributed by atoms with E-state index in [0.717, 1.165) is 5.52 Å². The molecule has 1 aromatic carbocycles. The van der Waals surface area contributed by atoms with Gasteiger partial charge in [-0.2, -0.15) is 0 Å². The van der Waals surface area contributed by atoms with Crippen LogP contribution in [0.25, 0.3) is 10.9 Å². The molecule has 0 bridgehead atoms. The normalized spacial score (nSPS) is 12.1. The number of fused-ring (bicyclic) bond motifs is 1. The van der Waals surface area contributed by atoms with E-state index in [0.29, 0.717) is 6.54 Å². The molecule has 0 saturated carbocycles. The first-order chi connectivity index (χ1) is 8.92. The minimum atomic E-state index is -0.0931. The molecule has 1 amide bonds. The van der Waals surface area contributed by atoms with E-state index in [1.165, 1.54) is 10.9 Å². The molecule has 0 spiro atoms. The third kappa shape index (κ3) is 2.80. The summed E-state index contributed by atoms with van der Waals surface area (Å²) in [6.07, 6.45) is 2.05. The highest BCUT2D eigenvalue weighted by Crippen LogP contribution is 2.29. The zero-order valence-corrected chi connectivity index (χ0v) is 12.1. The molecule has 0 unspecified atom stereocenters. The molecule has 0 saturated heterocycles. The highest BCUT2D eigenvalue weighted by Gasteiger charge is 2.24. The lowest BCUT2D eigenvalue weighted by Gasteiger charge is -2.25. The minimum Gasteiger partial charge on any atom is -0.361 e. The lowest BCUT2D eigenvalue weighted by molar-refractivity contribution is -0.124. The van der Waals surface area contributed by atoms with Crippen LogP contribution in [0.1, 0.15) is 33.3 Å². The summed E-state index contributed by atoms with van der Waals surface area (Å²) in [7, 11) is 0. The number of nitrogens with one attached hydrogen (secondary N) is 2. The van der Waals surface area contributed by atoms with Crippen LogP contribution in [0.2, 0.25) is 0 Å². The van der Waals surface area contributed by atoms with Gasteiger partial charge in [0.25, 0.3) is 0 Å². The maximum atomic E-state index is 11.7. The topological polar surface area (TPSA) is 44.9 Å². The lowest BCUT2D eigenvalue weighted by atomic mass is 9.84. The number of aromatic nitrogens is 1. The number of carbonyl (C=O) groups is 1. The maximum absolute atomic E-state index is 11.7. The van der Waals surface area contributed by atoms with Crippen molar-refractivity contribution in [1.29, 1.82) is 0 Å². The number of para-hydroxylation sites is 1. The number of aromatic amines is 1. The van der Waals surface area contributed by atoms with Gasteiger partial charge in [-0.25, -0.2) is 0 Å². The Hall–Kier alpha value is -1.77. The molecule has 19 heavy (non-hydrogen) atoms. The first-order valence-corrected chi connectivity index (χ1v) is 6.76. The number of H-pyrrole nitrogens is 1. The molecule has 0 aliphatic carbocycles. The van der Waals surface area contributed by atoms with Crippen LogP contribution in [0.15, 0.2) is 30.5 Å². The van der Waals surface area contributed by atoms with Crippen LogP contribution in [-0.4, -0.2) is 17.4 Å². The molecule has 3 heteroatoms. The van der Waals surface area contributed by atoms with Gasteiger partial charge in [-0.15, -0.1) is 0 Å². The van der Waals surface area contributed by atoms with Gasteiger partial charge in [0.05, 0.1) is 0 Å². The van der Waals surface area contributed by atoms with Gasteiger partial charge in [-0.1, -0.05) is 45.9 Å². The fourth-order valence-electron chi connectivity index (χ4n) is 2.24. The highest BCUT2D eigenvalue weighted by atomic mass is 16.1. The van der Waals surface area contributed by atoms with E-state index in [4.69, 9.17) is 0 Å². The van der Waals surface area contributed by atoms with Gasteiger partial charge in [0, 0.05) is 35.0 Å². The van der Waals surface area contributed by atoms with Crippen molar-refractivity contribution in [2.24, 2.45) is 5.92 Å². The molecule has 2 rings (SSSR count). The summed E-state index contributed by atoms with van der Waals surface area (Å²) in [4.78, 5) is 15.0. The maximum Gasteiger partial charge on any atom is 0.222 e. The molecule has 0 radical (unpaired) electrons. The summed E-state index contributed by atoms with van der Waals surface area (Å²) in [5, 5.41) is 4.25. The smallest absolute Gasteiger partial charge is 0.222 e. The average molecular weight is 258 g/mol. The standard InChI is InChI=1S/C16H22N2O/c1-11(2)15(19)18-10-16(3,4)13-9-17-14-8-6-5-7-12(13)14/h5-9,11,17H,10H2,1-4H3,(H,18,19). The van der Waals surface area contributed by atoms with Crippen molar-refractivity contribution in [2.45, 2.75) is 33.1 Å². The zero-order valence-electron chi connectivity index (χ0n) is 12.1. The van der Waals surface area contributed by atoms with Gasteiger partial charge in [-0.3, -0.25) is 4.79 Å². The van der Waals surface area contributed by atoms with Crippen molar-refractivity contribution in [2.75, 3.05) is 6.54 Å². The molecule has 1 heterocycles. The van der Waals surface area contributed by atoms with Gasteiger partial charge in [-0.05, 0) is 11.6 Å². The third-order valence-electron chi connectivity index (χ3n) is 3.55. The van der Waals surface area contributed by atoms with Gasteiger partial charge < -0.3 is 10.3 Å². The second-order valence-corrected chi connectivity index (χ2v) is 6.00. The molecule has 2 aromatic rings. The lowest BCUT2D eigenvalue weighted by Crippen LogP contribution is -2.38. The van der Waals surface area contributed by atoms with Crippen LogP contribution in [0.5, 0.6) is 0 Å². The summed E-state index contributed by atoms with van der Waals surface area (Å²) in [6.45, 7) is 8.78. The predicted octanol–water partition coefficient (Wildman–Crippen LogP) is 3.22. The number of hydrogen-bond donors (Lipinski definition) is 2. The molecule has 0 fully saturated rings. The Balaban J connectivity index is 2.21. The predicted molar refractivity (Wildman–Crippen MR) is 79.2 cm³/mol. The van der Waals surface area contributed by atoms with E-state index in [1.54, 1.807) is 0 Å². The molecule has 102 valence electrons. The van der Waals surface area contributed by atoms with Crippen molar-refractivity contribution in [3.63, 3.8) is 0 Å².